The van der Waals surface area contributed by atoms with E-state index in [0.29, 0.717) is 28.4 Å². The third kappa shape index (κ3) is 4.41. The number of esters is 1. The average Bonchev–Trinajstić information content (AvgIpc) is 2.46. The monoisotopic (exact) mass is 294 g/mol. The fraction of sp³-hybridized carbons (Fsp3) is 0.438. The predicted octanol–water partition coefficient (Wildman–Crippen LogP) is 3.07. The first-order valence-electron chi connectivity index (χ1n) is 6.62. The molecule has 0 fully saturated rings. The van der Waals surface area contributed by atoms with Gasteiger partial charge in [0, 0.05) is 17.7 Å². The quantitative estimate of drug-likeness (QED) is 0.596. The van der Waals surface area contributed by atoms with Crippen LogP contribution in [0.2, 0.25) is 0 Å². The van der Waals surface area contributed by atoms with Crippen molar-refractivity contribution in [3.63, 3.8) is 0 Å². The fourth-order valence-electron chi connectivity index (χ4n) is 1.76. The zero-order chi connectivity index (χ0) is 16.0. The lowest BCUT2D eigenvalue weighted by molar-refractivity contribution is -0.142. The predicted molar refractivity (Wildman–Crippen MR) is 81.0 cm³/mol. The van der Waals surface area contributed by atoms with Crippen molar-refractivity contribution in [2.24, 2.45) is 0 Å². The summed E-state index contributed by atoms with van der Waals surface area (Å²) in [4.78, 5) is 11.9. The van der Waals surface area contributed by atoms with Gasteiger partial charge in [-0.1, -0.05) is 0 Å². The highest BCUT2D eigenvalue weighted by Crippen LogP contribution is 2.35. The van der Waals surface area contributed by atoms with Crippen molar-refractivity contribution in [3.8, 4) is 17.2 Å². The lowest BCUT2D eigenvalue weighted by atomic mass is 10.1. The minimum atomic E-state index is -0.370. The van der Waals surface area contributed by atoms with Gasteiger partial charge in [0.25, 0.3) is 0 Å². The van der Waals surface area contributed by atoms with E-state index in [0.717, 1.165) is 0 Å². The molecular weight excluding hydrogens is 272 g/mol. The number of hydrogen-bond donors (Lipinski definition) is 0. The summed E-state index contributed by atoms with van der Waals surface area (Å²) in [6.45, 7) is 5.30. The second-order valence-corrected chi connectivity index (χ2v) is 4.73. The van der Waals surface area contributed by atoms with E-state index in [-0.39, 0.29) is 12.1 Å². The summed E-state index contributed by atoms with van der Waals surface area (Å²) in [5.41, 5.74) is 1.13. The molecule has 0 radical (unpaired) electrons. The highest BCUT2D eigenvalue weighted by atomic mass is 16.5. The molecule has 0 aromatic heterocycles. The number of hydrogen-bond acceptors (Lipinski definition) is 5. The van der Waals surface area contributed by atoms with Gasteiger partial charge in [0.2, 0.25) is 0 Å². The standard InChI is InChI=1S/C16H22O5/c1-10(2)21-16(17)11(3)7-13-14(19-5)8-12(18-4)9-15(13)20-6/h7-10H,1-6H3/b11-7+. The first-order valence-corrected chi connectivity index (χ1v) is 6.62. The van der Waals surface area contributed by atoms with Crippen LogP contribution in [0.5, 0.6) is 17.2 Å². The molecule has 0 aliphatic heterocycles. The first-order chi connectivity index (χ1) is 9.92. The largest absolute Gasteiger partial charge is 0.496 e. The third-order valence-corrected chi connectivity index (χ3v) is 2.78. The number of rotatable bonds is 6. The smallest absolute Gasteiger partial charge is 0.333 e. The van der Waals surface area contributed by atoms with E-state index < -0.39 is 0 Å². The maximum atomic E-state index is 11.9. The van der Waals surface area contributed by atoms with Gasteiger partial charge in [-0.15, -0.1) is 0 Å². The molecule has 5 nitrogen and oxygen atoms in total. The molecule has 0 atom stereocenters. The van der Waals surface area contributed by atoms with Crippen LogP contribution in [0.3, 0.4) is 0 Å². The van der Waals surface area contributed by atoms with Crippen molar-refractivity contribution in [2.45, 2.75) is 26.9 Å². The van der Waals surface area contributed by atoms with Gasteiger partial charge < -0.3 is 18.9 Å². The summed E-state index contributed by atoms with van der Waals surface area (Å²) in [5.74, 6) is 1.36. The van der Waals surface area contributed by atoms with Gasteiger partial charge in [0.1, 0.15) is 17.2 Å². The van der Waals surface area contributed by atoms with Gasteiger partial charge in [0.05, 0.1) is 33.0 Å². The Morgan fingerprint density at radius 3 is 1.95 bits per heavy atom. The molecule has 0 amide bonds. The lowest BCUT2D eigenvalue weighted by Gasteiger charge is -2.14. The van der Waals surface area contributed by atoms with Crippen LogP contribution in [-0.4, -0.2) is 33.4 Å². The van der Waals surface area contributed by atoms with E-state index in [1.807, 2.05) is 0 Å². The molecule has 0 unspecified atom stereocenters. The summed E-state index contributed by atoms with van der Waals surface area (Å²) in [6.07, 6.45) is 1.52. The number of carbonyl (C=O) groups excluding carboxylic acids is 1. The number of benzene rings is 1. The van der Waals surface area contributed by atoms with Gasteiger partial charge in [-0.2, -0.15) is 0 Å². The SMILES string of the molecule is COc1cc(OC)c(/C=C(\C)C(=O)OC(C)C)c(OC)c1. The minimum absolute atomic E-state index is 0.166. The molecule has 0 saturated carbocycles. The van der Waals surface area contributed by atoms with Crippen molar-refractivity contribution < 1.29 is 23.7 Å². The molecule has 5 heteroatoms. The van der Waals surface area contributed by atoms with Crippen LogP contribution in [0.1, 0.15) is 26.3 Å². The van der Waals surface area contributed by atoms with Gasteiger partial charge >= 0.3 is 5.97 Å². The van der Waals surface area contributed by atoms with Gasteiger partial charge in [0.15, 0.2) is 0 Å². The van der Waals surface area contributed by atoms with E-state index in [2.05, 4.69) is 0 Å². The third-order valence-electron chi connectivity index (χ3n) is 2.78. The molecule has 0 bridgehead atoms. The molecule has 0 spiro atoms. The summed E-state index contributed by atoms with van der Waals surface area (Å²) < 4.78 is 21.0. The molecule has 0 aliphatic rings. The van der Waals surface area contributed by atoms with Gasteiger partial charge in [-0.25, -0.2) is 4.79 Å². The highest BCUT2D eigenvalue weighted by Gasteiger charge is 2.14. The summed E-state index contributed by atoms with van der Waals surface area (Å²) in [5, 5.41) is 0. The molecule has 0 saturated heterocycles. The Hall–Kier alpha value is -2.17. The molecule has 1 aromatic carbocycles. The second-order valence-electron chi connectivity index (χ2n) is 4.73. The number of carbonyl (C=O) groups is 1. The Labute approximate surface area is 125 Å². The maximum absolute atomic E-state index is 11.9. The van der Waals surface area contributed by atoms with Crippen LogP contribution in [0, 0.1) is 0 Å². The van der Waals surface area contributed by atoms with Crippen molar-refractivity contribution in [1.82, 2.24) is 0 Å². The molecular formula is C16H22O5. The van der Waals surface area contributed by atoms with Crippen LogP contribution < -0.4 is 14.2 Å². The van der Waals surface area contributed by atoms with Gasteiger partial charge in [-0.3, -0.25) is 0 Å². The zero-order valence-corrected chi connectivity index (χ0v) is 13.4. The summed E-state index contributed by atoms with van der Waals surface area (Å²) >= 11 is 0. The van der Waals surface area contributed by atoms with Crippen molar-refractivity contribution in [1.29, 1.82) is 0 Å². The van der Waals surface area contributed by atoms with Crippen LogP contribution >= 0.6 is 0 Å². The maximum Gasteiger partial charge on any atom is 0.333 e. The average molecular weight is 294 g/mol. The first kappa shape index (κ1) is 16.9. The topological polar surface area (TPSA) is 54.0 Å². The highest BCUT2D eigenvalue weighted by molar-refractivity contribution is 5.94. The van der Waals surface area contributed by atoms with Crippen molar-refractivity contribution >= 4 is 12.0 Å². The molecule has 116 valence electrons. The van der Waals surface area contributed by atoms with E-state index in [9.17, 15) is 4.79 Å². The van der Waals surface area contributed by atoms with Crippen LogP contribution in [-0.2, 0) is 9.53 Å². The van der Waals surface area contributed by atoms with Crippen LogP contribution in [0.15, 0.2) is 17.7 Å². The van der Waals surface area contributed by atoms with E-state index in [4.69, 9.17) is 18.9 Å². The van der Waals surface area contributed by atoms with E-state index >= 15 is 0 Å². The van der Waals surface area contributed by atoms with Gasteiger partial charge in [-0.05, 0) is 26.8 Å². The Morgan fingerprint density at radius 1 is 1.05 bits per heavy atom. The number of methoxy groups -OCH3 is 3. The Morgan fingerprint density at radius 2 is 1.57 bits per heavy atom. The molecule has 1 aromatic rings. The lowest BCUT2D eigenvalue weighted by Crippen LogP contribution is -2.12. The second kappa shape index (κ2) is 7.57. The molecule has 0 aliphatic carbocycles. The Balaban J connectivity index is 3.25. The molecule has 0 heterocycles. The van der Waals surface area contributed by atoms with Crippen LogP contribution in [0.25, 0.3) is 6.08 Å². The normalized spacial score (nSPS) is 11.3. The Bertz CT molecular complexity index is 506. The molecule has 1 rings (SSSR count). The number of ether oxygens (including phenoxy) is 4. The molecule has 0 N–H and O–H groups in total. The van der Waals surface area contributed by atoms with Crippen molar-refractivity contribution in [3.05, 3.63) is 23.3 Å². The van der Waals surface area contributed by atoms with Crippen molar-refractivity contribution in [2.75, 3.05) is 21.3 Å². The molecule has 21 heavy (non-hydrogen) atoms. The van der Waals surface area contributed by atoms with Crippen LogP contribution in [0.4, 0.5) is 0 Å². The van der Waals surface area contributed by atoms with E-state index in [1.165, 1.54) is 0 Å². The van der Waals surface area contributed by atoms with E-state index in [1.54, 1.807) is 60.3 Å². The summed E-state index contributed by atoms with van der Waals surface area (Å²) in [6, 6.07) is 3.46. The zero-order valence-electron chi connectivity index (χ0n) is 13.4. The minimum Gasteiger partial charge on any atom is -0.496 e. The fourth-order valence-corrected chi connectivity index (χ4v) is 1.76. The summed E-state index contributed by atoms with van der Waals surface area (Å²) in [7, 11) is 4.66. The Kier molecular flexibility index (Phi) is 6.09.